The molecule has 112 valence electrons. The Kier molecular flexibility index (Phi) is 3.96. The van der Waals surface area contributed by atoms with Crippen LogP contribution in [0.4, 0.5) is 5.69 Å². The third-order valence-electron chi connectivity index (χ3n) is 3.69. The predicted octanol–water partition coefficient (Wildman–Crippen LogP) is 4.55. The van der Waals surface area contributed by atoms with Gasteiger partial charge in [0.05, 0.1) is 10.6 Å². The summed E-state index contributed by atoms with van der Waals surface area (Å²) in [5, 5.41) is 2.29. The quantitative estimate of drug-likeness (QED) is 0.438. The average molecular weight is 310 g/mol. The van der Waals surface area contributed by atoms with Gasteiger partial charge in [0.2, 0.25) is 0 Å². The van der Waals surface area contributed by atoms with Gasteiger partial charge in [-0.15, -0.1) is 11.3 Å². The molecule has 0 atom stereocenters. The summed E-state index contributed by atoms with van der Waals surface area (Å²) in [6.07, 6.45) is 0. The number of carbonyl (C=O) groups is 1. The SMILES string of the molecule is CC(C)c1ccc(N(N)C(=O)c2cc3ccccc3s2)cc1. The van der Waals surface area contributed by atoms with Crippen LogP contribution in [0.3, 0.4) is 0 Å². The van der Waals surface area contributed by atoms with Crippen molar-refractivity contribution in [2.45, 2.75) is 19.8 Å². The van der Waals surface area contributed by atoms with Crippen LogP contribution in [0.1, 0.15) is 35.0 Å². The van der Waals surface area contributed by atoms with Crippen molar-refractivity contribution in [1.29, 1.82) is 0 Å². The lowest BCUT2D eigenvalue weighted by molar-refractivity contribution is 0.0991. The van der Waals surface area contributed by atoms with E-state index in [2.05, 4.69) is 13.8 Å². The number of benzene rings is 2. The second-order valence-corrected chi connectivity index (χ2v) is 6.65. The minimum Gasteiger partial charge on any atom is -0.266 e. The molecule has 22 heavy (non-hydrogen) atoms. The highest BCUT2D eigenvalue weighted by Gasteiger charge is 2.17. The molecular formula is C18H18N2OS. The van der Waals surface area contributed by atoms with Crippen molar-refractivity contribution in [3.8, 4) is 0 Å². The third kappa shape index (κ3) is 2.75. The fourth-order valence-electron chi connectivity index (χ4n) is 2.34. The molecule has 2 aromatic carbocycles. The molecule has 3 rings (SSSR count). The lowest BCUT2D eigenvalue weighted by Gasteiger charge is -2.16. The molecule has 0 unspecified atom stereocenters. The number of rotatable bonds is 3. The molecule has 2 N–H and O–H groups in total. The summed E-state index contributed by atoms with van der Waals surface area (Å²) >= 11 is 1.47. The molecule has 0 saturated carbocycles. The Morgan fingerprint density at radius 2 is 1.77 bits per heavy atom. The molecule has 4 heteroatoms. The third-order valence-corrected chi connectivity index (χ3v) is 4.80. The maximum absolute atomic E-state index is 12.5. The van der Waals surface area contributed by atoms with E-state index in [1.165, 1.54) is 21.9 Å². The first-order valence-corrected chi connectivity index (χ1v) is 8.05. The standard InChI is InChI=1S/C18H18N2OS/c1-12(2)13-7-9-15(10-8-13)20(19)18(21)17-11-14-5-3-4-6-16(14)22-17/h3-12H,19H2,1-2H3. The van der Waals surface area contributed by atoms with Gasteiger partial charge in [-0.05, 0) is 41.1 Å². The molecule has 0 fully saturated rings. The molecule has 0 radical (unpaired) electrons. The van der Waals surface area contributed by atoms with Gasteiger partial charge >= 0.3 is 0 Å². The van der Waals surface area contributed by atoms with E-state index in [0.717, 1.165) is 10.1 Å². The zero-order valence-electron chi connectivity index (χ0n) is 12.6. The van der Waals surface area contributed by atoms with Crippen LogP contribution < -0.4 is 10.9 Å². The van der Waals surface area contributed by atoms with Gasteiger partial charge in [-0.3, -0.25) is 4.79 Å². The summed E-state index contributed by atoms with van der Waals surface area (Å²) in [6, 6.07) is 17.6. The summed E-state index contributed by atoms with van der Waals surface area (Å²) in [4.78, 5) is 13.2. The second kappa shape index (κ2) is 5.91. The molecule has 0 aliphatic carbocycles. The molecule has 0 aliphatic heterocycles. The van der Waals surface area contributed by atoms with E-state index in [9.17, 15) is 4.79 Å². The van der Waals surface area contributed by atoms with E-state index in [1.54, 1.807) is 0 Å². The first kappa shape index (κ1) is 14.8. The topological polar surface area (TPSA) is 46.3 Å². The molecule has 3 aromatic rings. The van der Waals surface area contributed by atoms with Crippen LogP contribution in [0.2, 0.25) is 0 Å². The Morgan fingerprint density at radius 3 is 2.41 bits per heavy atom. The Balaban J connectivity index is 1.87. The van der Waals surface area contributed by atoms with E-state index in [4.69, 9.17) is 5.84 Å². The molecule has 0 bridgehead atoms. The molecule has 0 spiro atoms. The van der Waals surface area contributed by atoms with E-state index >= 15 is 0 Å². The molecule has 1 heterocycles. The van der Waals surface area contributed by atoms with Gasteiger partial charge in [-0.2, -0.15) is 0 Å². The van der Waals surface area contributed by atoms with E-state index in [1.807, 2.05) is 54.6 Å². The second-order valence-electron chi connectivity index (χ2n) is 5.57. The fourth-order valence-corrected chi connectivity index (χ4v) is 3.34. The van der Waals surface area contributed by atoms with Crippen LogP contribution in [0.15, 0.2) is 54.6 Å². The molecule has 0 aliphatic rings. The van der Waals surface area contributed by atoms with Crippen molar-refractivity contribution < 1.29 is 4.79 Å². The van der Waals surface area contributed by atoms with Crippen LogP contribution in [-0.2, 0) is 0 Å². The van der Waals surface area contributed by atoms with Crippen LogP contribution >= 0.6 is 11.3 Å². The highest BCUT2D eigenvalue weighted by molar-refractivity contribution is 7.20. The number of hydrazine groups is 1. The van der Waals surface area contributed by atoms with E-state index < -0.39 is 0 Å². The van der Waals surface area contributed by atoms with Crippen LogP contribution in [0.5, 0.6) is 0 Å². The van der Waals surface area contributed by atoms with Gasteiger partial charge in [0.25, 0.3) is 5.91 Å². The summed E-state index contributed by atoms with van der Waals surface area (Å²) in [7, 11) is 0. The molecular weight excluding hydrogens is 292 g/mol. The number of anilines is 1. The van der Waals surface area contributed by atoms with Gasteiger partial charge in [0.1, 0.15) is 0 Å². The Morgan fingerprint density at radius 1 is 1.09 bits per heavy atom. The number of nitrogens with two attached hydrogens (primary N) is 1. The minimum atomic E-state index is -0.182. The Labute approximate surface area is 134 Å². The monoisotopic (exact) mass is 310 g/mol. The predicted molar refractivity (Wildman–Crippen MR) is 93.4 cm³/mol. The minimum absolute atomic E-state index is 0.182. The van der Waals surface area contributed by atoms with Crippen molar-refractivity contribution in [1.82, 2.24) is 0 Å². The smallest absolute Gasteiger partial charge is 0.266 e. The van der Waals surface area contributed by atoms with Gasteiger partial charge in [-0.25, -0.2) is 10.9 Å². The zero-order valence-corrected chi connectivity index (χ0v) is 13.4. The van der Waals surface area contributed by atoms with Gasteiger partial charge in [-0.1, -0.05) is 44.2 Å². The number of fused-ring (bicyclic) bond motifs is 1. The molecule has 0 saturated heterocycles. The Bertz CT molecular complexity index is 772. The lowest BCUT2D eigenvalue weighted by Crippen LogP contribution is -2.36. The van der Waals surface area contributed by atoms with Crippen molar-refractivity contribution in [2.24, 2.45) is 5.84 Å². The van der Waals surface area contributed by atoms with Crippen molar-refractivity contribution in [3.63, 3.8) is 0 Å². The molecule has 3 nitrogen and oxygen atoms in total. The largest absolute Gasteiger partial charge is 0.282 e. The Hall–Kier alpha value is -2.17. The first-order valence-electron chi connectivity index (χ1n) is 7.24. The zero-order chi connectivity index (χ0) is 15.7. The molecule has 1 aromatic heterocycles. The van der Waals surface area contributed by atoms with Gasteiger partial charge in [0.15, 0.2) is 0 Å². The summed E-state index contributed by atoms with van der Waals surface area (Å²) < 4.78 is 1.09. The highest BCUT2D eigenvalue weighted by Crippen LogP contribution is 2.27. The van der Waals surface area contributed by atoms with Crippen molar-refractivity contribution in [3.05, 3.63) is 65.0 Å². The van der Waals surface area contributed by atoms with Gasteiger partial charge in [0, 0.05) is 4.70 Å². The van der Waals surface area contributed by atoms with Crippen LogP contribution in [0, 0.1) is 0 Å². The average Bonchev–Trinajstić information content (AvgIpc) is 2.97. The van der Waals surface area contributed by atoms with E-state index in [0.29, 0.717) is 16.5 Å². The fraction of sp³-hybridized carbons (Fsp3) is 0.167. The normalized spacial score (nSPS) is 11.1. The maximum Gasteiger partial charge on any atom is 0.282 e. The number of hydrogen-bond donors (Lipinski definition) is 1. The van der Waals surface area contributed by atoms with Crippen LogP contribution in [-0.4, -0.2) is 5.91 Å². The van der Waals surface area contributed by atoms with Crippen molar-refractivity contribution >= 4 is 33.0 Å². The maximum atomic E-state index is 12.5. The number of amides is 1. The number of hydrogen-bond acceptors (Lipinski definition) is 3. The first-order chi connectivity index (χ1) is 10.6. The highest BCUT2D eigenvalue weighted by atomic mass is 32.1. The molecule has 1 amide bonds. The van der Waals surface area contributed by atoms with E-state index in [-0.39, 0.29) is 5.91 Å². The van der Waals surface area contributed by atoms with Crippen molar-refractivity contribution in [2.75, 3.05) is 5.01 Å². The number of thiophene rings is 1. The lowest BCUT2D eigenvalue weighted by atomic mass is 10.0. The van der Waals surface area contributed by atoms with Gasteiger partial charge < -0.3 is 0 Å². The summed E-state index contributed by atoms with van der Waals surface area (Å²) in [6.45, 7) is 4.27. The van der Waals surface area contributed by atoms with Crippen LogP contribution in [0.25, 0.3) is 10.1 Å². The number of nitrogens with zero attached hydrogens (tertiary/aromatic N) is 1. The number of carbonyl (C=O) groups excluding carboxylic acids is 1. The summed E-state index contributed by atoms with van der Waals surface area (Å²) in [5.74, 6) is 6.28. The summed E-state index contributed by atoms with van der Waals surface area (Å²) in [5.41, 5.74) is 1.93.